The fraction of sp³-hybridized carbons (Fsp3) is 0.316. The monoisotopic (exact) mass is 386 g/mol. The van der Waals surface area contributed by atoms with E-state index in [9.17, 15) is 9.59 Å². The molecule has 1 aliphatic heterocycles. The van der Waals surface area contributed by atoms with Crippen molar-refractivity contribution in [2.75, 3.05) is 25.4 Å². The Labute approximate surface area is 162 Å². The Morgan fingerprint density at radius 2 is 2.04 bits per heavy atom. The van der Waals surface area contributed by atoms with Crippen molar-refractivity contribution >= 4 is 29.5 Å². The van der Waals surface area contributed by atoms with Gasteiger partial charge in [-0.1, -0.05) is 12.1 Å². The summed E-state index contributed by atoms with van der Waals surface area (Å²) in [7, 11) is 0. The molecule has 0 radical (unpaired) electrons. The SMILES string of the molecule is Nc1cccc(C2CCN(Sc3ccc(C(=O)NCC(=O)O)nc3)CC2)c1. The van der Waals surface area contributed by atoms with Crippen LogP contribution in [-0.4, -0.2) is 45.9 Å². The largest absolute Gasteiger partial charge is 0.480 e. The Hall–Kier alpha value is -2.58. The van der Waals surface area contributed by atoms with Gasteiger partial charge < -0.3 is 16.2 Å². The number of nitrogen functional groups attached to an aromatic ring is 1. The lowest BCUT2D eigenvalue weighted by atomic mass is 9.90. The second-order valence-corrected chi connectivity index (χ2v) is 7.59. The highest BCUT2D eigenvalue weighted by molar-refractivity contribution is 7.97. The number of anilines is 1. The zero-order chi connectivity index (χ0) is 19.2. The van der Waals surface area contributed by atoms with Crippen LogP contribution < -0.4 is 11.1 Å². The Bertz CT molecular complexity index is 805. The van der Waals surface area contributed by atoms with Crippen molar-refractivity contribution in [1.29, 1.82) is 0 Å². The van der Waals surface area contributed by atoms with Gasteiger partial charge in [-0.2, -0.15) is 0 Å². The first-order valence-corrected chi connectivity index (χ1v) is 9.53. The summed E-state index contributed by atoms with van der Waals surface area (Å²) in [5, 5.41) is 10.9. The highest BCUT2D eigenvalue weighted by atomic mass is 32.2. The fourth-order valence-electron chi connectivity index (χ4n) is 3.06. The van der Waals surface area contributed by atoms with Gasteiger partial charge in [0.1, 0.15) is 12.2 Å². The van der Waals surface area contributed by atoms with E-state index in [-0.39, 0.29) is 5.69 Å². The molecular formula is C19H22N4O3S. The van der Waals surface area contributed by atoms with Gasteiger partial charge in [0.05, 0.1) is 0 Å². The molecule has 0 aliphatic carbocycles. The molecule has 8 heteroatoms. The summed E-state index contributed by atoms with van der Waals surface area (Å²) in [6.07, 6.45) is 3.78. The maximum absolute atomic E-state index is 11.8. The third-order valence-electron chi connectivity index (χ3n) is 4.44. The third-order valence-corrected chi connectivity index (χ3v) is 5.52. The molecule has 0 bridgehead atoms. The molecule has 2 aromatic rings. The van der Waals surface area contributed by atoms with Crippen molar-refractivity contribution in [1.82, 2.24) is 14.6 Å². The maximum atomic E-state index is 11.8. The molecule has 142 valence electrons. The average Bonchev–Trinajstić information content (AvgIpc) is 2.67. The molecule has 3 rings (SSSR count). The second-order valence-electron chi connectivity index (χ2n) is 6.42. The van der Waals surface area contributed by atoms with E-state index in [1.165, 1.54) is 5.56 Å². The molecule has 2 heterocycles. The van der Waals surface area contributed by atoms with Crippen LogP contribution in [0.2, 0.25) is 0 Å². The van der Waals surface area contributed by atoms with Gasteiger partial charge in [-0.05, 0) is 60.5 Å². The van der Waals surface area contributed by atoms with Crippen LogP contribution in [0.3, 0.4) is 0 Å². The topological polar surface area (TPSA) is 109 Å². The molecule has 0 spiro atoms. The molecule has 0 atom stereocenters. The van der Waals surface area contributed by atoms with E-state index in [4.69, 9.17) is 10.8 Å². The molecule has 27 heavy (non-hydrogen) atoms. The first-order valence-electron chi connectivity index (χ1n) is 8.75. The van der Waals surface area contributed by atoms with Crippen LogP contribution in [0.4, 0.5) is 5.69 Å². The van der Waals surface area contributed by atoms with E-state index in [1.54, 1.807) is 24.2 Å². The minimum absolute atomic E-state index is 0.209. The lowest BCUT2D eigenvalue weighted by Gasteiger charge is -2.31. The molecule has 7 nitrogen and oxygen atoms in total. The molecule has 1 saturated heterocycles. The van der Waals surface area contributed by atoms with Crippen molar-refractivity contribution in [3.05, 3.63) is 53.9 Å². The summed E-state index contributed by atoms with van der Waals surface area (Å²) in [6, 6.07) is 11.6. The summed E-state index contributed by atoms with van der Waals surface area (Å²) < 4.78 is 2.30. The molecule has 1 aliphatic rings. The van der Waals surface area contributed by atoms with E-state index < -0.39 is 18.4 Å². The van der Waals surface area contributed by atoms with Gasteiger partial charge in [-0.25, -0.2) is 9.29 Å². The van der Waals surface area contributed by atoms with E-state index in [0.29, 0.717) is 5.92 Å². The highest BCUT2D eigenvalue weighted by Gasteiger charge is 2.21. The molecular weight excluding hydrogens is 364 g/mol. The normalized spacial score (nSPS) is 15.4. The van der Waals surface area contributed by atoms with Gasteiger partial charge in [-0.15, -0.1) is 0 Å². The molecule has 1 amide bonds. The lowest BCUT2D eigenvalue weighted by molar-refractivity contribution is -0.135. The van der Waals surface area contributed by atoms with Gasteiger partial charge >= 0.3 is 5.97 Å². The average molecular weight is 386 g/mol. The number of carbonyl (C=O) groups excluding carboxylic acids is 1. The predicted octanol–water partition coefficient (Wildman–Crippen LogP) is 2.36. The van der Waals surface area contributed by atoms with Crippen molar-refractivity contribution in [3.63, 3.8) is 0 Å². The van der Waals surface area contributed by atoms with Crippen LogP contribution in [0.25, 0.3) is 0 Å². The Balaban J connectivity index is 1.50. The third kappa shape index (κ3) is 5.45. The van der Waals surface area contributed by atoms with Gasteiger partial charge in [0.25, 0.3) is 5.91 Å². The molecule has 4 N–H and O–H groups in total. The Kier molecular flexibility index (Phi) is 6.31. The standard InChI is InChI=1S/C19H22N4O3S/c20-15-3-1-2-14(10-15)13-6-8-23(9-7-13)27-16-4-5-17(21-11-16)19(26)22-12-18(24)25/h1-5,10-11,13H,6-9,12,20H2,(H,22,26)(H,24,25). The number of carboxylic acids is 1. The lowest BCUT2D eigenvalue weighted by Crippen LogP contribution is -2.29. The van der Waals surface area contributed by atoms with Crippen LogP contribution in [0.5, 0.6) is 0 Å². The number of aliphatic carboxylic acids is 1. The summed E-state index contributed by atoms with van der Waals surface area (Å²) >= 11 is 1.62. The first-order chi connectivity index (χ1) is 13.0. The maximum Gasteiger partial charge on any atom is 0.322 e. The minimum Gasteiger partial charge on any atom is -0.480 e. The number of hydrogen-bond acceptors (Lipinski definition) is 6. The number of hydrogen-bond donors (Lipinski definition) is 3. The second kappa shape index (κ2) is 8.88. The number of carboxylic acid groups (broad SMARTS) is 1. The highest BCUT2D eigenvalue weighted by Crippen LogP contribution is 2.33. The van der Waals surface area contributed by atoms with E-state index >= 15 is 0 Å². The number of nitrogens with one attached hydrogen (secondary N) is 1. The molecule has 1 fully saturated rings. The van der Waals surface area contributed by atoms with Gasteiger partial charge in [0.2, 0.25) is 0 Å². The summed E-state index contributed by atoms with van der Waals surface area (Å²) in [6.45, 7) is 1.51. The van der Waals surface area contributed by atoms with Crippen molar-refractivity contribution in [2.45, 2.75) is 23.7 Å². The number of nitrogens with two attached hydrogens (primary N) is 1. The fourth-order valence-corrected chi connectivity index (χ4v) is 3.98. The van der Waals surface area contributed by atoms with Gasteiger partial charge in [-0.3, -0.25) is 9.59 Å². The zero-order valence-corrected chi connectivity index (χ0v) is 15.6. The molecule has 0 saturated carbocycles. The van der Waals surface area contributed by atoms with Crippen LogP contribution >= 0.6 is 11.9 Å². The first kappa shape index (κ1) is 19.2. The van der Waals surface area contributed by atoms with Crippen LogP contribution in [0, 0.1) is 0 Å². The summed E-state index contributed by atoms with van der Waals surface area (Å²) in [4.78, 5) is 27.4. The van der Waals surface area contributed by atoms with E-state index in [0.717, 1.165) is 36.5 Å². The Morgan fingerprint density at radius 3 is 2.67 bits per heavy atom. The van der Waals surface area contributed by atoms with Gasteiger partial charge in [0.15, 0.2) is 0 Å². The number of aromatic nitrogens is 1. The zero-order valence-electron chi connectivity index (χ0n) is 14.8. The van der Waals surface area contributed by atoms with E-state index in [1.807, 2.05) is 18.2 Å². The number of benzene rings is 1. The molecule has 1 aromatic heterocycles. The molecule has 1 aromatic carbocycles. The van der Waals surface area contributed by atoms with Crippen LogP contribution in [0.1, 0.15) is 34.8 Å². The number of amides is 1. The molecule has 0 unspecified atom stereocenters. The van der Waals surface area contributed by atoms with Crippen molar-refractivity contribution in [3.8, 4) is 0 Å². The summed E-state index contributed by atoms with van der Waals surface area (Å²) in [5.41, 5.74) is 8.20. The van der Waals surface area contributed by atoms with Crippen LogP contribution in [-0.2, 0) is 4.79 Å². The Morgan fingerprint density at radius 1 is 1.26 bits per heavy atom. The summed E-state index contributed by atoms with van der Waals surface area (Å²) in [5.74, 6) is -1.04. The quantitative estimate of drug-likeness (QED) is 0.516. The van der Waals surface area contributed by atoms with Crippen molar-refractivity contribution < 1.29 is 14.7 Å². The predicted molar refractivity (Wildman–Crippen MR) is 104 cm³/mol. The van der Waals surface area contributed by atoms with Crippen LogP contribution in [0.15, 0.2) is 47.5 Å². The number of piperidine rings is 1. The van der Waals surface area contributed by atoms with Crippen molar-refractivity contribution in [2.24, 2.45) is 0 Å². The number of nitrogens with zero attached hydrogens (tertiary/aromatic N) is 2. The number of pyridine rings is 1. The minimum atomic E-state index is -1.09. The number of carbonyl (C=O) groups is 2. The number of rotatable bonds is 6. The smallest absolute Gasteiger partial charge is 0.322 e. The van der Waals surface area contributed by atoms with E-state index in [2.05, 4.69) is 26.7 Å². The van der Waals surface area contributed by atoms with Gasteiger partial charge in [0, 0.05) is 29.9 Å².